The van der Waals surface area contributed by atoms with Crippen LogP contribution in [0, 0.1) is 0 Å². The molecule has 4 rings (SSSR count). The van der Waals surface area contributed by atoms with E-state index in [9.17, 15) is 19.5 Å². The summed E-state index contributed by atoms with van der Waals surface area (Å²) in [5.41, 5.74) is 0.0461. The van der Waals surface area contributed by atoms with Crippen molar-refractivity contribution in [3.05, 3.63) is 96.2 Å². The first-order valence-corrected chi connectivity index (χ1v) is 10.6. The SMILES string of the molecule is CC(=O)N(C)CCC1=c2ccccc2=N/C1=C\c1c(O)n(-c2ccc(Cl)cc2)c(=O)[nH]c1=O. The maximum atomic E-state index is 12.6. The predicted octanol–water partition coefficient (Wildman–Crippen LogP) is 1.58. The van der Waals surface area contributed by atoms with E-state index >= 15 is 0 Å². The number of amides is 1. The van der Waals surface area contributed by atoms with Crippen LogP contribution in [0.2, 0.25) is 5.02 Å². The number of benzene rings is 2. The van der Waals surface area contributed by atoms with Gasteiger partial charge in [-0.15, -0.1) is 0 Å². The van der Waals surface area contributed by atoms with Gasteiger partial charge in [0.15, 0.2) is 0 Å². The smallest absolute Gasteiger partial charge is 0.335 e. The maximum Gasteiger partial charge on any atom is 0.335 e. The number of rotatable bonds is 5. The van der Waals surface area contributed by atoms with Crippen molar-refractivity contribution in [3.8, 4) is 11.6 Å². The summed E-state index contributed by atoms with van der Waals surface area (Å²) in [7, 11) is 1.71. The molecular weight excluding hydrogens is 444 g/mol. The lowest BCUT2D eigenvalue weighted by Gasteiger charge is -2.15. The number of halogens is 1. The number of fused-ring (bicyclic) bond motifs is 1. The van der Waals surface area contributed by atoms with Crippen molar-refractivity contribution >= 4 is 29.2 Å². The van der Waals surface area contributed by atoms with E-state index in [0.717, 1.165) is 20.7 Å². The summed E-state index contributed by atoms with van der Waals surface area (Å²) in [4.78, 5) is 45.2. The molecule has 168 valence electrons. The normalized spacial score (nSPS) is 13.7. The van der Waals surface area contributed by atoms with E-state index in [4.69, 9.17) is 11.6 Å². The average molecular weight is 465 g/mol. The molecule has 0 unspecified atom stereocenters. The van der Waals surface area contributed by atoms with E-state index in [1.807, 2.05) is 24.3 Å². The monoisotopic (exact) mass is 464 g/mol. The number of carbonyl (C=O) groups excluding carboxylic acids is 1. The highest BCUT2D eigenvalue weighted by atomic mass is 35.5. The lowest BCUT2D eigenvalue weighted by atomic mass is 10.1. The topological polar surface area (TPSA) is 108 Å². The van der Waals surface area contributed by atoms with Crippen molar-refractivity contribution < 1.29 is 9.90 Å². The molecule has 0 saturated heterocycles. The van der Waals surface area contributed by atoms with Gasteiger partial charge in [0.2, 0.25) is 11.8 Å². The van der Waals surface area contributed by atoms with Crippen molar-refractivity contribution in [3.63, 3.8) is 0 Å². The molecule has 1 aliphatic rings. The standard InChI is InChI=1S/C24H21ClN4O4/c1-14(30)28(2)12-11-18-17-5-3-4-6-20(17)26-21(18)13-19-22(31)27-24(33)29(23(19)32)16-9-7-15(25)8-10-16/h3-10,13,32H,11-12H2,1-2H3,(H,27,31,33)/b21-13-. The highest BCUT2D eigenvalue weighted by Gasteiger charge is 2.19. The van der Waals surface area contributed by atoms with Crippen molar-refractivity contribution in [2.24, 2.45) is 4.99 Å². The molecule has 2 heterocycles. The Labute approximate surface area is 193 Å². The molecule has 9 heteroatoms. The van der Waals surface area contributed by atoms with Crippen LogP contribution in [0.15, 0.2) is 68.8 Å². The van der Waals surface area contributed by atoms with E-state index in [1.165, 1.54) is 13.0 Å². The van der Waals surface area contributed by atoms with Gasteiger partial charge in [-0.25, -0.2) is 14.4 Å². The third kappa shape index (κ3) is 4.38. The Bertz CT molecular complexity index is 1520. The van der Waals surface area contributed by atoms with E-state index in [-0.39, 0.29) is 11.5 Å². The van der Waals surface area contributed by atoms with E-state index in [0.29, 0.717) is 29.4 Å². The third-order valence-electron chi connectivity index (χ3n) is 5.50. The molecular formula is C24H21ClN4O4. The highest BCUT2D eigenvalue weighted by Crippen LogP contribution is 2.25. The molecule has 1 amide bonds. The van der Waals surface area contributed by atoms with Gasteiger partial charge in [0.1, 0.15) is 5.56 Å². The molecule has 33 heavy (non-hydrogen) atoms. The number of aromatic nitrogens is 2. The Morgan fingerprint density at radius 3 is 2.58 bits per heavy atom. The molecule has 0 atom stereocenters. The number of aromatic amines is 1. The number of para-hydroxylation sites is 1. The van der Waals surface area contributed by atoms with Gasteiger partial charge in [-0.3, -0.25) is 14.6 Å². The fourth-order valence-electron chi connectivity index (χ4n) is 3.62. The second-order valence-electron chi connectivity index (χ2n) is 7.64. The van der Waals surface area contributed by atoms with Crippen molar-refractivity contribution in [2.45, 2.75) is 13.3 Å². The van der Waals surface area contributed by atoms with E-state index in [1.54, 1.807) is 36.2 Å². The lowest BCUT2D eigenvalue weighted by molar-refractivity contribution is -0.127. The summed E-state index contributed by atoms with van der Waals surface area (Å²) < 4.78 is 0.995. The highest BCUT2D eigenvalue weighted by molar-refractivity contribution is 6.30. The zero-order valence-electron chi connectivity index (χ0n) is 18.0. The third-order valence-corrected chi connectivity index (χ3v) is 5.75. The number of hydrogen-bond acceptors (Lipinski definition) is 5. The predicted molar refractivity (Wildman–Crippen MR) is 126 cm³/mol. The van der Waals surface area contributed by atoms with Gasteiger partial charge in [0.05, 0.1) is 16.7 Å². The fourth-order valence-corrected chi connectivity index (χ4v) is 3.74. The van der Waals surface area contributed by atoms with E-state index in [2.05, 4.69) is 9.98 Å². The zero-order chi connectivity index (χ0) is 23.7. The Morgan fingerprint density at radius 2 is 1.88 bits per heavy atom. The Hall–Kier alpha value is -3.91. The second-order valence-corrected chi connectivity index (χ2v) is 8.07. The van der Waals surface area contributed by atoms with Crippen molar-refractivity contribution in [1.29, 1.82) is 0 Å². The largest absolute Gasteiger partial charge is 0.494 e. The molecule has 0 bridgehead atoms. The van der Waals surface area contributed by atoms with Crippen molar-refractivity contribution in [2.75, 3.05) is 13.6 Å². The molecule has 1 aromatic heterocycles. The van der Waals surface area contributed by atoms with Gasteiger partial charge in [0, 0.05) is 30.8 Å². The lowest BCUT2D eigenvalue weighted by Crippen LogP contribution is -2.30. The van der Waals surface area contributed by atoms with Gasteiger partial charge in [-0.2, -0.15) is 0 Å². The number of allylic oxidation sites excluding steroid dienone is 1. The van der Waals surface area contributed by atoms with Gasteiger partial charge in [-0.05, 0) is 48.4 Å². The second kappa shape index (κ2) is 8.91. The number of carbonyl (C=O) groups is 1. The molecule has 2 N–H and O–H groups in total. The molecule has 3 aromatic rings. The first-order chi connectivity index (χ1) is 15.8. The maximum absolute atomic E-state index is 12.6. The van der Waals surface area contributed by atoms with E-state index < -0.39 is 17.1 Å². The number of nitrogens with zero attached hydrogens (tertiary/aromatic N) is 3. The van der Waals surface area contributed by atoms with Crippen LogP contribution in [0.3, 0.4) is 0 Å². The van der Waals surface area contributed by atoms with Gasteiger partial charge >= 0.3 is 5.69 Å². The average Bonchev–Trinajstić information content (AvgIpc) is 3.13. The number of aromatic hydroxyl groups is 1. The minimum absolute atomic E-state index is 0.0616. The summed E-state index contributed by atoms with van der Waals surface area (Å²) in [6, 6.07) is 13.8. The van der Waals surface area contributed by atoms with Crippen LogP contribution in [0.5, 0.6) is 5.88 Å². The minimum Gasteiger partial charge on any atom is -0.494 e. The first kappa shape index (κ1) is 22.3. The van der Waals surface area contributed by atoms with Crippen LogP contribution in [0.4, 0.5) is 0 Å². The van der Waals surface area contributed by atoms with Crippen molar-refractivity contribution in [1.82, 2.24) is 14.5 Å². The van der Waals surface area contributed by atoms with Crippen LogP contribution in [0.25, 0.3) is 17.3 Å². The summed E-state index contributed by atoms with van der Waals surface area (Å²) >= 11 is 5.92. The first-order valence-electron chi connectivity index (χ1n) is 10.2. The minimum atomic E-state index is -0.777. The molecule has 2 aromatic carbocycles. The quantitative estimate of drug-likeness (QED) is 0.597. The van der Waals surface area contributed by atoms with Crippen LogP contribution >= 0.6 is 11.6 Å². The van der Waals surface area contributed by atoms with Crippen LogP contribution < -0.4 is 21.8 Å². The van der Waals surface area contributed by atoms with Gasteiger partial charge in [0.25, 0.3) is 5.56 Å². The zero-order valence-corrected chi connectivity index (χ0v) is 18.8. The molecule has 0 radical (unpaired) electrons. The van der Waals surface area contributed by atoms with Gasteiger partial charge < -0.3 is 10.0 Å². The van der Waals surface area contributed by atoms with Gasteiger partial charge in [-0.1, -0.05) is 29.8 Å². The number of H-pyrrole nitrogens is 1. The molecule has 1 aliphatic heterocycles. The summed E-state index contributed by atoms with van der Waals surface area (Å²) in [5.74, 6) is -0.571. The molecule has 8 nitrogen and oxygen atoms in total. The number of nitrogens with one attached hydrogen (secondary N) is 1. The van der Waals surface area contributed by atoms with Crippen LogP contribution in [-0.4, -0.2) is 39.1 Å². The summed E-state index contributed by atoms with van der Waals surface area (Å²) in [6.07, 6.45) is 1.96. The molecule has 0 fully saturated rings. The Kier molecular flexibility index (Phi) is 6.02. The summed E-state index contributed by atoms with van der Waals surface area (Å²) in [5, 5.41) is 13.0. The molecule has 0 saturated carbocycles. The Morgan fingerprint density at radius 1 is 1.18 bits per heavy atom. The summed E-state index contributed by atoms with van der Waals surface area (Å²) in [6.45, 7) is 1.95. The Balaban J connectivity index is 1.86. The molecule has 0 spiro atoms. The fraction of sp³-hybridized carbons (Fsp3) is 0.167. The number of hydrogen-bond donors (Lipinski definition) is 2. The molecule has 0 aliphatic carbocycles. The van der Waals surface area contributed by atoms with Crippen LogP contribution in [-0.2, 0) is 4.79 Å². The van der Waals surface area contributed by atoms with Crippen LogP contribution in [0.1, 0.15) is 18.9 Å².